The van der Waals surface area contributed by atoms with Gasteiger partial charge in [-0.3, -0.25) is 9.59 Å². The minimum Gasteiger partial charge on any atom is -0.491 e. The Morgan fingerprint density at radius 3 is 2.41 bits per heavy atom. The summed E-state index contributed by atoms with van der Waals surface area (Å²) in [6.07, 6.45) is 0.256. The molecule has 154 valence electrons. The highest BCUT2D eigenvalue weighted by Gasteiger charge is 2.18. The van der Waals surface area contributed by atoms with E-state index in [-0.39, 0.29) is 30.9 Å². The molecular weight excluding hydrogens is 372 g/mol. The van der Waals surface area contributed by atoms with Crippen molar-refractivity contribution in [2.24, 2.45) is 0 Å². The second-order valence-electron chi connectivity index (χ2n) is 6.99. The average Bonchev–Trinajstić information content (AvgIpc) is 2.69. The molecule has 1 heterocycles. The fourth-order valence-electron chi connectivity index (χ4n) is 2.99. The Bertz CT molecular complexity index is 864. The van der Waals surface area contributed by atoms with Crippen LogP contribution in [0.5, 0.6) is 17.2 Å². The monoisotopic (exact) mass is 398 g/mol. The summed E-state index contributed by atoms with van der Waals surface area (Å²) in [7, 11) is 0. The summed E-state index contributed by atoms with van der Waals surface area (Å²) in [6, 6.07) is 12.5. The number of fused-ring (bicyclic) bond motifs is 1. The van der Waals surface area contributed by atoms with Gasteiger partial charge in [0, 0.05) is 37.3 Å². The summed E-state index contributed by atoms with van der Waals surface area (Å²) in [6.45, 7) is 6.63. The first-order valence-electron chi connectivity index (χ1n) is 9.66. The number of carbonyl (C=O) groups excluding carboxylic acids is 2. The smallest absolute Gasteiger partial charge is 0.226 e. The molecule has 1 aliphatic heterocycles. The molecule has 0 saturated heterocycles. The predicted octanol–water partition coefficient (Wildman–Crippen LogP) is 3.63. The highest BCUT2D eigenvalue weighted by Crippen LogP contribution is 2.34. The zero-order chi connectivity index (χ0) is 20.8. The third-order valence-corrected chi connectivity index (χ3v) is 4.29. The number of benzene rings is 2. The van der Waals surface area contributed by atoms with Crippen molar-refractivity contribution in [1.82, 2.24) is 0 Å². The molecule has 3 rings (SSSR count). The lowest BCUT2D eigenvalue weighted by molar-refractivity contribution is -0.117. The van der Waals surface area contributed by atoms with Gasteiger partial charge in [-0.05, 0) is 50.2 Å². The Morgan fingerprint density at radius 2 is 1.76 bits per heavy atom. The maximum absolute atomic E-state index is 12.3. The lowest BCUT2D eigenvalue weighted by atomic mass is 10.2. The largest absolute Gasteiger partial charge is 0.491 e. The van der Waals surface area contributed by atoms with Crippen molar-refractivity contribution in [3.8, 4) is 17.2 Å². The molecule has 0 fully saturated rings. The molecule has 7 nitrogen and oxygen atoms in total. The summed E-state index contributed by atoms with van der Waals surface area (Å²) in [5.74, 6) is 1.69. The first kappa shape index (κ1) is 20.5. The van der Waals surface area contributed by atoms with Crippen molar-refractivity contribution in [2.45, 2.75) is 33.3 Å². The zero-order valence-electron chi connectivity index (χ0n) is 16.9. The van der Waals surface area contributed by atoms with Gasteiger partial charge in [-0.15, -0.1) is 0 Å². The van der Waals surface area contributed by atoms with Crippen LogP contribution in [0.25, 0.3) is 0 Å². The summed E-state index contributed by atoms with van der Waals surface area (Å²) >= 11 is 0. The van der Waals surface area contributed by atoms with Gasteiger partial charge in [-0.1, -0.05) is 0 Å². The minimum absolute atomic E-state index is 0.0913. The van der Waals surface area contributed by atoms with Crippen LogP contribution in [0.15, 0.2) is 42.5 Å². The molecule has 7 heteroatoms. The van der Waals surface area contributed by atoms with E-state index in [1.54, 1.807) is 35.2 Å². The van der Waals surface area contributed by atoms with Crippen molar-refractivity contribution in [3.63, 3.8) is 0 Å². The third-order valence-electron chi connectivity index (χ3n) is 4.29. The van der Waals surface area contributed by atoms with Gasteiger partial charge in [-0.25, -0.2) is 0 Å². The molecule has 0 radical (unpaired) electrons. The van der Waals surface area contributed by atoms with Crippen molar-refractivity contribution >= 4 is 23.2 Å². The molecular formula is C22H26N2O5. The Kier molecular flexibility index (Phi) is 6.59. The van der Waals surface area contributed by atoms with E-state index in [1.807, 2.05) is 26.0 Å². The van der Waals surface area contributed by atoms with Crippen LogP contribution in [0.2, 0.25) is 0 Å². The van der Waals surface area contributed by atoms with E-state index in [9.17, 15) is 9.59 Å². The van der Waals surface area contributed by atoms with Gasteiger partial charge >= 0.3 is 0 Å². The van der Waals surface area contributed by atoms with Crippen LogP contribution >= 0.6 is 0 Å². The average molecular weight is 398 g/mol. The van der Waals surface area contributed by atoms with Gasteiger partial charge < -0.3 is 24.4 Å². The second kappa shape index (κ2) is 9.32. The van der Waals surface area contributed by atoms with Crippen molar-refractivity contribution in [1.29, 1.82) is 0 Å². The van der Waals surface area contributed by atoms with E-state index in [0.717, 1.165) is 5.75 Å². The van der Waals surface area contributed by atoms with Crippen molar-refractivity contribution in [2.75, 3.05) is 30.0 Å². The van der Waals surface area contributed by atoms with E-state index in [2.05, 4.69) is 5.32 Å². The fourth-order valence-corrected chi connectivity index (χ4v) is 2.99. The van der Waals surface area contributed by atoms with Crippen LogP contribution in [-0.4, -0.2) is 37.7 Å². The highest BCUT2D eigenvalue weighted by atomic mass is 16.6. The standard InChI is InChI=1S/C22H26N2O5/c1-15(2)29-19-7-4-17(5-8-19)23-22(26)10-11-24(16(3)25)18-6-9-20-21(14-18)28-13-12-27-20/h4-9,14-15H,10-13H2,1-3H3,(H,23,26). The van der Waals surface area contributed by atoms with Gasteiger partial charge in [0.2, 0.25) is 11.8 Å². The Labute approximate surface area is 170 Å². The maximum Gasteiger partial charge on any atom is 0.226 e. The number of carbonyl (C=O) groups is 2. The quantitative estimate of drug-likeness (QED) is 0.771. The molecule has 0 aliphatic carbocycles. The normalized spacial score (nSPS) is 12.4. The molecule has 0 saturated carbocycles. The second-order valence-corrected chi connectivity index (χ2v) is 6.99. The Morgan fingerprint density at radius 1 is 1.07 bits per heavy atom. The molecule has 29 heavy (non-hydrogen) atoms. The van der Waals surface area contributed by atoms with E-state index in [1.165, 1.54) is 6.92 Å². The molecule has 0 bridgehead atoms. The van der Waals surface area contributed by atoms with Crippen LogP contribution < -0.4 is 24.4 Å². The van der Waals surface area contributed by atoms with E-state index < -0.39 is 0 Å². The van der Waals surface area contributed by atoms with Gasteiger partial charge in [-0.2, -0.15) is 0 Å². The summed E-state index contributed by atoms with van der Waals surface area (Å²) in [4.78, 5) is 26.0. The first-order valence-corrected chi connectivity index (χ1v) is 9.66. The highest BCUT2D eigenvalue weighted by molar-refractivity contribution is 5.95. The summed E-state index contributed by atoms with van der Waals surface area (Å²) < 4.78 is 16.7. The number of amides is 2. The number of ether oxygens (including phenoxy) is 3. The molecule has 2 amide bonds. The molecule has 1 N–H and O–H groups in total. The molecule has 0 atom stereocenters. The van der Waals surface area contributed by atoms with Gasteiger partial charge in [0.05, 0.1) is 6.10 Å². The maximum atomic E-state index is 12.3. The molecule has 0 aromatic heterocycles. The number of hydrogen-bond acceptors (Lipinski definition) is 5. The SMILES string of the molecule is CC(=O)N(CCC(=O)Nc1ccc(OC(C)C)cc1)c1ccc2c(c1)OCCO2. The van der Waals surface area contributed by atoms with Crippen molar-refractivity contribution < 1.29 is 23.8 Å². The summed E-state index contributed by atoms with van der Waals surface area (Å²) in [5.41, 5.74) is 1.35. The zero-order valence-corrected chi connectivity index (χ0v) is 16.9. The molecule has 0 spiro atoms. The topological polar surface area (TPSA) is 77.1 Å². The van der Waals surface area contributed by atoms with Crippen LogP contribution in [0.1, 0.15) is 27.2 Å². The van der Waals surface area contributed by atoms with Gasteiger partial charge in [0.1, 0.15) is 19.0 Å². The van der Waals surface area contributed by atoms with Crippen LogP contribution in [0.3, 0.4) is 0 Å². The van der Waals surface area contributed by atoms with Crippen molar-refractivity contribution in [3.05, 3.63) is 42.5 Å². The van der Waals surface area contributed by atoms with Gasteiger partial charge in [0.25, 0.3) is 0 Å². The van der Waals surface area contributed by atoms with Crippen LogP contribution in [0, 0.1) is 0 Å². The lowest BCUT2D eigenvalue weighted by Crippen LogP contribution is -2.32. The number of rotatable bonds is 7. The van der Waals surface area contributed by atoms with E-state index in [4.69, 9.17) is 14.2 Å². The number of nitrogens with zero attached hydrogens (tertiary/aromatic N) is 1. The number of nitrogens with one attached hydrogen (secondary N) is 1. The fraction of sp³-hybridized carbons (Fsp3) is 0.364. The Balaban J connectivity index is 1.59. The van der Waals surface area contributed by atoms with Crippen LogP contribution in [-0.2, 0) is 9.59 Å². The molecule has 0 unspecified atom stereocenters. The summed E-state index contributed by atoms with van der Waals surface area (Å²) in [5, 5.41) is 2.84. The molecule has 1 aliphatic rings. The van der Waals surface area contributed by atoms with E-state index >= 15 is 0 Å². The Hall–Kier alpha value is -3.22. The third kappa shape index (κ3) is 5.63. The predicted molar refractivity (Wildman–Crippen MR) is 111 cm³/mol. The lowest BCUT2D eigenvalue weighted by Gasteiger charge is -2.24. The van der Waals surface area contributed by atoms with E-state index in [0.29, 0.717) is 36.1 Å². The van der Waals surface area contributed by atoms with Gasteiger partial charge in [0.15, 0.2) is 11.5 Å². The first-order chi connectivity index (χ1) is 13.9. The number of anilines is 2. The van der Waals surface area contributed by atoms with Crippen LogP contribution in [0.4, 0.5) is 11.4 Å². The number of hydrogen-bond donors (Lipinski definition) is 1. The molecule has 2 aromatic rings. The minimum atomic E-state index is -0.175. The molecule has 2 aromatic carbocycles.